The molecule has 4 aliphatic carbocycles. The van der Waals surface area contributed by atoms with Crippen molar-refractivity contribution in [3.63, 3.8) is 0 Å². The number of amides is 1. The Morgan fingerprint density at radius 1 is 0.902 bits per heavy atom. The first-order valence-corrected chi connectivity index (χ1v) is 14.9. The normalized spacial score (nSPS) is 32.9. The molecular formula is C30H38F3N5O3. The van der Waals surface area contributed by atoms with Gasteiger partial charge in [-0.15, -0.1) is 0 Å². The van der Waals surface area contributed by atoms with Crippen LogP contribution in [0.25, 0.3) is 0 Å². The lowest BCUT2D eigenvalue weighted by Crippen LogP contribution is -2.60. The fraction of sp³-hybridized carbons (Fsp3) is 0.667. The number of benzene rings is 1. The van der Waals surface area contributed by atoms with Gasteiger partial charge in [0.05, 0.1) is 20.3 Å². The van der Waals surface area contributed by atoms with Gasteiger partial charge in [-0.2, -0.15) is 18.3 Å². The Morgan fingerprint density at radius 3 is 2.17 bits per heavy atom. The van der Waals surface area contributed by atoms with E-state index < -0.39 is 18.3 Å². The Labute approximate surface area is 238 Å². The molecule has 6 aliphatic rings. The third-order valence-electron chi connectivity index (χ3n) is 10.4. The number of hydrogen-bond acceptors (Lipinski definition) is 6. The van der Waals surface area contributed by atoms with Crippen LogP contribution in [0.2, 0.25) is 0 Å². The largest absolute Gasteiger partial charge is 0.493 e. The number of aromatic nitrogens is 2. The second-order valence-electron chi connectivity index (χ2n) is 12.7. The van der Waals surface area contributed by atoms with E-state index in [-0.39, 0.29) is 23.8 Å². The van der Waals surface area contributed by atoms with Crippen LogP contribution in [0.4, 0.5) is 19.0 Å². The van der Waals surface area contributed by atoms with Crippen LogP contribution in [-0.4, -0.2) is 78.1 Å². The number of fused-ring (bicyclic) bond motifs is 1. The Morgan fingerprint density at radius 2 is 1.56 bits per heavy atom. The van der Waals surface area contributed by atoms with E-state index >= 15 is 0 Å². The van der Waals surface area contributed by atoms with Gasteiger partial charge in [0.15, 0.2) is 23.2 Å². The summed E-state index contributed by atoms with van der Waals surface area (Å²) in [4.78, 5) is 17.9. The number of methoxy groups -OCH3 is 2. The van der Waals surface area contributed by atoms with Crippen molar-refractivity contribution in [2.45, 2.75) is 62.8 Å². The maximum absolute atomic E-state index is 14.2. The first kappa shape index (κ1) is 26.9. The van der Waals surface area contributed by atoms with E-state index in [4.69, 9.17) is 9.47 Å². The first-order chi connectivity index (χ1) is 19.7. The van der Waals surface area contributed by atoms with Crippen LogP contribution in [-0.2, 0) is 0 Å². The number of alkyl halides is 3. The predicted molar refractivity (Wildman–Crippen MR) is 146 cm³/mol. The van der Waals surface area contributed by atoms with Gasteiger partial charge < -0.3 is 19.7 Å². The lowest BCUT2D eigenvalue weighted by atomic mass is 9.54. The Bertz CT molecular complexity index is 1280. The molecule has 2 aliphatic heterocycles. The van der Waals surface area contributed by atoms with Crippen molar-refractivity contribution in [3.05, 3.63) is 35.5 Å². The van der Waals surface area contributed by atoms with Crippen LogP contribution in [0.1, 0.15) is 66.7 Å². The van der Waals surface area contributed by atoms with Gasteiger partial charge in [-0.3, -0.25) is 9.69 Å². The number of hydrogen-bond donors (Lipinski definition) is 1. The van der Waals surface area contributed by atoms with E-state index in [0.29, 0.717) is 36.2 Å². The number of nitrogens with zero attached hydrogens (tertiary/aromatic N) is 4. The van der Waals surface area contributed by atoms with E-state index in [9.17, 15) is 18.0 Å². The topological polar surface area (TPSA) is 71.9 Å². The molecule has 8 nitrogen and oxygen atoms in total. The van der Waals surface area contributed by atoms with Gasteiger partial charge in [-0.1, -0.05) is 6.07 Å². The highest BCUT2D eigenvalue weighted by Gasteiger charge is 2.51. The van der Waals surface area contributed by atoms with E-state index in [0.717, 1.165) is 41.4 Å². The van der Waals surface area contributed by atoms with E-state index in [1.807, 2.05) is 0 Å². The van der Waals surface area contributed by atoms with Crippen LogP contribution in [0.3, 0.4) is 0 Å². The van der Waals surface area contributed by atoms with Gasteiger partial charge >= 0.3 is 6.18 Å². The maximum atomic E-state index is 14.2. The molecule has 1 saturated heterocycles. The monoisotopic (exact) mass is 573 g/mol. The summed E-state index contributed by atoms with van der Waals surface area (Å²) in [5.74, 6) is 4.25. The molecule has 1 aromatic heterocycles. The number of rotatable bonds is 5. The first-order valence-electron chi connectivity index (χ1n) is 14.9. The molecule has 222 valence electrons. The second-order valence-corrected chi connectivity index (χ2v) is 12.7. The molecule has 1 aromatic carbocycles. The summed E-state index contributed by atoms with van der Waals surface area (Å²) in [6.45, 7) is 2.79. The molecule has 1 amide bonds. The standard InChI is InChI=1S/C30H38F3N5O3/c1-40-24-4-3-19(14-25(24)41-2)22-15-26(30(31,32)33)38-27(34-22)16-23(35-38)29(39)37-7-5-36(6-8-37)28-20-10-17-9-18(12-20)13-21(28)11-17/h3-4,14,16-18,20-22,26,28,34H,5-13,15H2,1-2H3/t17?,18?,20?,21?,22-,26-,28?/m1/s1. The fourth-order valence-electron chi connectivity index (χ4n) is 8.84. The SMILES string of the molecule is COc1ccc([C@H]2C[C@H](C(F)(F)F)n3nc(C(=O)N4CCN(C5C6CC7CC(C6)CC5C7)CC4)cc3N2)cc1OC. The number of carbonyl (C=O) groups is 1. The molecule has 1 N–H and O–H groups in total. The zero-order valence-electron chi connectivity index (χ0n) is 23.6. The van der Waals surface area contributed by atoms with Crippen LogP contribution in [0.15, 0.2) is 24.3 Å². The summed E-state index contributed by atoms with van der Waals surface area (Å²) in [7, 11) is 3.00. The Hall–Kier alpha value is -2.95. The van der Waals surface area contributed by atoms with Crippen molar-refractivity contribution < 1.29 is 27.4 Å². The molecular weight excluding hydrogens is 535 g/mol. The number of nitrogens with one attached hydrogen (secondary N) is 1. The van der Waals surface area contributed by atoms with Gasteiger partial charge in [0.25, 0.3) is 5.91 Å². The van der Waals surface area contributed by atoms with Crippen LogP contribution in [0, 0.1) is 23.7 Å². The lowest BCUT2D eigenvalue weighted by Gasteiger charge is -2.58. The van der Waals surface area contributed by atoms with Crippen LogP contribution < -0.4 is 14.8 Å². The zero-order chi connectivity index (χ0) is 28.5. The highest BCUT2D eigenvalue weighted by molar-refractivity contribution is 5.93. The molecule has 2 atom stereocenters. The third kappa shape index (κ3) is 4.73. The highest BCUT2D eigenvalue weighted by atomic mass is 19.4. The minimum Gasteiger partial charge on any atom is -0.493 e. The third-order valence-corrected chi connectivity index (χ3v) is 10.4. The second kappa shape index (κ2) is 10.1. The molecule has 0 spiro atoms. The van der Waals surface area contributed by atoms with Gasteiger partial charge in [0, 0.05) is 44.7 Å². The molecule has 5 fully saturated rings. The predicted octanol–water partition coefficient (Wildman–Crippen LogP) is 5.14. The van der Waals surface area contributed by atoms with Crippen molar-refractivity contribution in [2.75, 3.05) is 45.7 Å². The maximum Gasteiger partial charge on any atom is 0.410 e. The summed E-state index contributed by atoms with van der Waals surface area (Å²) in [6.07, 6.45) is 2.07. The van der Waals surface area contributed by atoms with Crippen LogP contribution in [0.5, 0.6) is 11.5 Å². The average molecular weight is 574 g/mol. The number of ether oxygens (including phenoxy) is 2. The zero-order valence-corrected chi connectivity index (χ0v) is 23.6. The summed E-state index contributed by atoms with van der Waals surface area (Å²) < 4.78 is 54.3. The van der Waals surface area contributed by atoms with Gasteiger partial charge in [-0.25, -0.2) is 4.68 Å². The van der Waals surface area contributed by atoms with Crippen molar-refractivity contribution in [2.24, 2.45) is 23.7 Å². The molecule has 8 rings (SSSR count). The molecule has 4 saturated carbocycles. The molecule has 41 heavy (non-hydrogen) atoms. The summed E-state index contributed by atoms with van der Waals surface area (Å²) >= 11 is 0. The highest BCUT2D eigenvalue weighted by Crippen LogP contribution is 2.55. The fourth-order valence-corrected chi connectivity index (χ4v) is 8.84. The van der Waals surface area contributed by atoms with E-state index in [1.54, 1.807) is 23.1 Å². The minimum absolute atomic E-state index is 0.0535. The molecule has 4 bridgehead atoms. The number of carbonyl (C=O) groups excluding carboxylic acids is 1. The quantitative estimate of drug-likeness (QED) is 0.534. The summed E-state index contributed by atoms with van der Waals surface area (Å²) in [5.41, 5.74) is 0.691. The number of anilines is 1. The van der Waals surface area contributed by atoms with Gasteiger partial charge in [0.2, 0.25) is 0 Å². The van der Waals surface area contributed by atoms with Crippen molar-refractivity contribution >= 4 is 11.7 Å². The molecule has 3 heterocycles. The summed E-state index contributed by atoms with van der Waals surface area (Å²) in [5, 5.41) is 7.40. The smallest absolute Gasteiger partial charge is 0.410 e. The molecule has 2 aromatic rings. The molecule has 0 radical (unpaired) electrons. The summed E-state index contributed by atoms with van der Waals surface area (Å²) in [6, 6.07) is 4.70. The molecule has 11 heteroatoms. The van der Waals surface area contributed by atoms with E-state index in [2.05, 4.69) is 15.3 Å². The Balaban J connectivity index is 1.07. The van der Waals surface area contributed by atoms with Gasteiger partial charge in [0.1, 0.15) is 5.82 Å². The molecule has 0 unspecified atom stereocenters. The van der Waals surface area contributed by atoms with Gasteiger partial charge in [-0.05, 0) is 73.5 Å². The average Bonchev–Trinajstić information content (AvgIpc) is 3.39. The van der Waals surface area contributed by atoms with Crippen molar-refractivity contribution in [3.8, 4) is 11.5 Å². The number of halogens is 3. The minimum atomic E-state index is -4.53. The van der Waals surface area contributed by atoms with E-state index in [1.165, 1.54) is 52.4 Å². The van der Waals surface area contributed by atoms with Crippen LogP contribution >= 0.6 is 0 Å². The lowest BCUT2D eigenvalue weighted by molar-refractivity contribution is -0.173. The Kier molecular flexibility index (Phi) is 6.63. The van der Waals surface area contributed by atoms with Crippen molar-refractivity contribution in [1.29, 1.82) is 0 Å². The van der Waals surface area contributed by atoms with Crippen molar-refractivity contribution in [1.82, 2.24) is 19.6 Å². The number of piperazine rings is 1.